The van der Waals surface area contributed by atoms with Gasteiger partial charge < -0.3 is 4.84 Å². The zero-order valence-electron chi connectivity index (χ0n) is 6.65. The highest BCUT2D eigenvalue weighted by atomic mass is 35.5. The van der Waals surface area contributed by atoms with E-state index in [9.17, 15) is 0 Å². The SMILES string of the molecule is C/C(ON)=C(\CCl)C(C)C. The van der Waals surface area contributed by atoms with Crippen LogP contribution in [0.3, 0.4) is 0 Å². The van der Waals surface area contributed by atoms with E-state index in [4.69, 9.17) is 17.5 Å². The quantitative estimate of drug-likeness (QED) is 0.393. The average Bonchev–Trinajstić information content (AvgIpc) is 1.88. The van der Waals surface area contributed by atoms with E-state index in [-0.39, 0.29) is 0 Å². The summed E-state index contributed by atoms with van der Waals surface area (Å²) in [5, 5.41) is 0. The molecule has 0 rings (SSSR count). The Hall–Kier alpha value is -0.210. The molecular weight excluding hydrogens is 150 g/mol. The molecular formula is C7H14ClNO. The second-order valence-electron chi connectivity index (χ2n) is 2.49. The molecule has 0 fully saturated rings. The molecule has 0 aromatic carbocycles. The molecule has 0 aromatic rings. The molecule has 0 aliphatic carbocycles. The summed E-state index contributed by atoms with van der Waals surface area (Å²) >= 11 is 5.64. The van der Waals surface area contributed by atoms with Gasteiger partial charge in [-0.2, -0.15) is 5.90 Å². The molecule has 0 aliphatic rings. The summed E-state index contributed by atoms with van der Waals surface area (Å²) in [6, 6.07) is 0. The van der Waals surface area contributed by atoms with Gasteiger partial charge in [0.15, 0.2) is 0 Å². The largest absolute Gasteiger partial charge is 0.416 e. The molecule has 0 bridgehead atoms. The molecule has 2 nitrogen and oxygen atoms in total. The maximum atomic E-state index is 5.64. The fourth-order valence-corrected chi connectivity index (χ4v) is 1.23. The Morgan fingerprint density at radius 1 is 1.60 bits per heavy atom. The second-order valence-corrected chi connectivity index (χ2v) is 2.75. The summed E-state index contributed by atoms with van der Waals surface area (Å²) in [6.45, 7) is 5.93. The number of hydrogen-bond acceptors (Lipinski definition) is 2. The van der Waals surface area contributed by atoms with Crippen LogP contribution in [0.1, 0.15) is 20.8 Å². The summed E-state index contributed by atoms with van der Waals surface area (Å²) < 4.78 is 0. The lowest BCUT2D eigenvalue weighted by Crippen LogP contribution is -2.05. The molecule has 0 saturated carbocycles. The van der Waals surface area contributed by atoms with E-state index in [1.54, 1.807) is 0 Å². The van der Waals surface area contributed by atoms with E-state index >= 15 is 0 Å². The first kappa shape index (κ1) is 9.79. The Labute approximate surface area is 67.0 Å². The predicted molar refractivity (Wildman–Crippen MR) is 43.5 cm³/mol. The van der Waals surface area contributed by atoms with Crippen LogP contribution in [-0.4, -0.2) is 5.88 Å². The van der Waals surface area contributed by atoms with Gasteiger partial charge in [0, 0.05) is 5.88 Å². The van der Waals surface area contributed by atoms with Gasteiger partial charge >= 0.3 is 0 Å². The summed E-state index contributed by atoms with van der Waals surface area (Å²) in [7, 11) is 0. The Morgan fingerprint density at radius 3 is 2.20 bits per heavy atom. The molecule has 0 atom stereocenters. The fraction of sp³-hybridized carbons (Fsp3) is 0.714. The van der Waals surface area contributed by atoms with Gasteiger partial charge in [0.05, 0.1) is 0 Å². The van der Waals surface area contributed by atoms with Crippen molar-refractivity contribution in [3.63, 3.8) is 0 Å². The maximum Gasteiger partial charge on any atom is 0.121 e. The lowest BCUT2D eigenvalue weighted by atomic mass is 10.0. The van der Waals surface area contributed by atoms with Crippen LogP contribution < -0.4 is 5.90 Å². The van der Waals surface area contributed by atoms with E-state index < -0.39 is 0 Å². The molecule has 10 heavy (non-hydrogen) atoms. The van der Waals surface area contributed by atoms with Crippen molar-refractivity contribution in [1.29, 1.82) is 0 Å². The Bertz CT molecular complexity index is 132. The standard InChI is InChI=1S/C7H14ClNO/c1-5(2)7(4-8)6(3)10-9/h5H,4,9H2,1-3H3/b7-6-. The van der Waals surface area contributed by atoms with Crippen molar-refractivity contribution >= 4 is 11.6 Å². The number of allylic oxidation sites excluding steroid dienone is 2. The van der Waals surface area contributed by atoms with Crippen molar-refractivity contribution < 1.29 is 4.84 Å². The van der Waals surface area contributed by atoms with Crippen molar-refractivity contribution in [2.24, 2.45) is 11.8 Å². The number of rotatable bonds is 3. The molecule has 0 aromatic heterocycles. The minimum absolute atomic E-state index is 0.404. The van der Waals surface area contributed by atoms with E-state index in [0.717, 1.165) is 11.3 Å². The van der Waals surface area contributed by atoms with Crippen molar-refractivity contribution in [2.45, 2.75) is 20.8 Å². The van der Waals surface area contributed by atoms with Crippen molar-refractivity contribution in [3.05, 3.63) is 11.3 Å². The van der Waals surface area contributed by atoms with Gasteiger partial charge in [-0.1, -0.05) is 13.8 Å². The van der Waals surface area contributed by atoms with Gasteiger partial charge in [0.2, 0.25) is 0 Å². The normalized spacial score (nSPS) is 13.4. The molecule has 0 unspecified atom stereocenters. The topological polar surface area (TPSA) is 35.2 Å². The van der Waals surface area contributed by atoms with Crippen LogP contribution in [0.15, 0.2) is 11.3 Å². The Balaban J connectivity index is 4.29. The Kier molecular flexibility index (Phi) is 4.49. The lowest BCUT2D eigenvalue weighted by molar-refractivity contribution is 0.216. The smallest absolute Gasteiger partial charge is 0.121 e. The number of alkyl halides is 1. The van der Waals surface area contributed by atoms with Gasteiger partial charge in [0.1, 0.15) is 5.76 Å². The van der Waals surface area contributed by atoms with Gasteiger partial charge in [-0.3, -0.25) is 0 Å². The van der Waals surface area contributed by atoms with Crippen molar-refractivity contribution in [1.82, 2.24) is 0 Å². The summed E-state index contributed by atoms with van der Waals surface area (Å²) in [5.41, 5.74) is 1.06. The van der Waals surface area contributed by atoms with Crippen molar-refractivity contribution in [3.8, 4) is 0 Å². The molecule has 0 spiro atoms. The monoisotopic (exact) mass is 163 g/mol. The molecule has 0 amide bonds. The molecule has 0 radical (unpaired) electrons. The second kappa shape index (κ2) is 4.58. The first-order valence-corrected chi connectivity index (χ1v) is 3.79. The minimum atomic E-state index is 0.404. The van der Waals surface area contributed by atoms with Crippen LogP contribution in [0.4, 0.5) is 0 Å². The third kappa shape index (κ3) is 2.58. The molecule has 0 heterocycles. The van der Waals surface area contributed by atoms with Crippen LogP contribution in [-0.2, 0) is 4.84 Å². The minimum Gasteiger partial charge on any atom is -0.416 e. The van der Waals surface area contributed by atoms with Crippen LogP contribution in [0, 0.1) is 5.92 Å². The first-order chi connectivity index (χ1) is 4.63. The number of halogens is 1. The summed E-state index contributed by atoms with van der Waals surface area (Å²) in [6.07, 6.45) is 0. The maximum absolute atomic E-state index is 5.64. The number of nitrogens with two attached hydrogens (primary N) is 1. The highest BCUT2D eigenvalue weighted by molar-refractivity contribution is 6.19. The van der Waals surface area contributed by atoms with E-state index in [0.29, 0.717) is 11.8 Å². The fourth-order valence-electron chi connectivity index (χ4n) is 0.731. The van der Waals surface area contributed by atoms with Crippen molar-refractivity contribution in [2.75, 3.05) is 5.88 Å². The molecule has 0 saturated heterocycles. The van der Waals surface area contributed by atoms with E-state index in [1.807, 2.05) is 6.92 Å². The predicted octanol–water partition coefficient (Wildman–Crippen LogP) is 2.05. The highest BCUT2D eigenvalue weighted by Crippen LogP contribution is 2.15. The van der Waals surface area contributed by atoms with Crippen LogP contribution in [0.5, 0.6) is 0 Å². The van der Waals surface area contributed by atoms with Crippen LogP contribution >= 0.6 is 11.6 Å². The molecule has 3 heteroatoms. The summed E-state index contributed by atoms with van der Waals surface area (Å²) in [5.74, 6) is 6.59. The highest BCUT2D eigenvalue weighted by Gasteiger charge is 2.06. The van der Waals surface area contributed by atoms with E-state index in [2.05, 4.69) is 18.7 Å². The molecule has 0 aliphatic heterocycles. The molecule has 2 N–H and O–H groups in total. The first-order valence-electron chi connectivity index (χ1n) is 3.25. The van der Waals surface area contributed by atoms with Crippen LogP contribution in [0.25, 0.3) is 0 Å². The lowest BCUT2D eigenvalue weighted by Gasteiger charge is -2.10. The third-order valence-electron chi connectivity index (χ3n) is 1.47. The zero-order chi connectivity index (χ0) is 8.15. The number of hydrogen-bond donors (Lipinski definition) is 1. The van der Waals surface area contributed by atoms with E-state index in [1.165, 1.54) is 0 Å². The van der Waals surface area contributed by atoms with Gasteiger partial charge in [-0.05, 0) is 18.4 Å². The zero-order valence-corrected chi connectivity index (χ0v) is 7.40. The summed E-state index contributed by atoms with van der Waals surface area (Å²) in [4.78, 5) is 4.56. The van der Waals surface area contributed by atoms with Gasteiger partial charge in [-0.15, -0.1) is 11.6 Å². The Morgan fingerprint density at radius 2 is 2.10 bits per heavy atom. The van der Waals surface area contributed by atoms with Gasteiger partial charge in [0.25, 0.3) is 0 Å². The average molecular weight is 164 g/mol. The molecule has 60 valence electrons. The van der Waals surface area contributed by atoms with Crippen LogP contribution in [0.2, 0.25) is 0 Å². The third-order valence-corrected chi connectivity index (χ3v) is 1.76. The van der Waals surface area contributed by atoms with Gasteiger partial charge in [-0.25, -0.2) is 0 Å².